The number of hydrogen-bond acceptors (Lipinski definition) is 4. The largest absolute Gasteiger partial charge is 0.481 e. The van der Waals surface area contributed by atoms with E-state index in [1.54, 1.807) is 5.38 Å². The summed E-state index contributed by atoms with van der Waals surface area (Å²) in [4.78, 5) is 15.1. The first-order chi connectivity index (χ1) is 12.0. The van der Waals surface area contributed by atoms with Crippen LogP contribution in [0.3, 0.4) is 0 Å². The average molecular weight is 353 g/mol. The van der Waals surface area contributed by atoms with Gasteiger partial charge in [-0.2, -0.15) is 0 Å². The molecule has 0 bridgehead atoms. The molecule has 0 aliphatic rings. The molecule has 1 aromatic heterocycles. The summed E-state index contributed by atoms with van der Waals surface area (Å²) < 4.78 is 5.87. The molecule has 0 saturated carbocycles. The van der Waals surface area contributed by atoms with Gasteiger partial charge >= 0.3 is 5.97 Å². The Labute approximate surface area is 150 Å². The topological polar surface area (TPSA) is 59.4 Å². The number of thiazole rings is 1. The Kier molecular flexibility index (Phi) is 5.14. The van der Waals surface area contributed by atoms with Gasteiger partial charge in [0.2, 0.25) is 0 Å². The highest BCUT2D eigenvalue weighted by atomic mass is 32.1. The van der Waals surface area contributed by atoms with Gasteiger partial charge in [0.15, 0.2) is 0 Å². The van der Waals surface area contributed by atoms with Gasteiger partial charge in [-0.25, -0.2) is 4.98 Å². The van der Waals surface area contributed by atoms with E-state index in [4.69, 9.17) is 9.84 Å². The van der Waals surface area contributed by atoms with E-state index in [0.29, 0.717) is 11.6 Å². The summed E-state index contributed by atoms with van der Waals surface area (Å²) >= 11 is 1.44. The van der Waals surface area contributed by atoms with Crippen LogP contribution in [0.1, 0.15) is 31.0 Å². The molecule has 0 unspecified atom stereocenters. The van der Waals surface area contributed by atoms with E-state index in [1.807, 2.05) is 36.4 Å². The van der Waals surface area contributed by atoms with E-state index >= 15 is 0 Å². The predicted octanol–water partition coefficient (Wildman–Crippen LogP) is 5.35. The van der Waals surface area contributed by atoms with E-state index in [1.165, 1.54) is 16.9 Å². The van der Waals surface area contributed by atoms with Gasteiger partial charge in [0.25, 0.3) is 0 Å². The molecule has 3 rings (SSSR count). The molecule has 4 nitrogen and oxygen atoms in total. The quantitative estimate of drug-likeness (QED) is 0.649. The molecule has 1 heterocycles. The van der Waals surface area contributed by atoms with Gasteiger partial charge in [-0.15, -0.1) is 11.3 Å². The van der Waals surface area contributed by atoms with Gasteiger partial charge in [0.05, 0.1) is 12.1 Å². The Morgan fingerprint density at radius 3 is 2.24 bits per heavy atom. The maximum absolute atomic E-state index is 10.7. The summed E-state index contributed by atoms with van der Waals surface area (Å²) in [6.45, 7) is 4.32. The van der Waals surface area contributed by atoms with Crippen LogP contribution in [-0.2, 0) is 11.2 Å². The first kappa shape index (κ1) is 17.2. The van der Waals surface area contributed by atoms with Crippen molar-refractivity contribution in [2.24, 2.45) is 0 Å². The van der Waals surface area contributed by atoms with Crippen LogP contribution in [0.2, 0.25) is 0 Å². The molecule has 5 heteroatoms. The molecular formula is C20H19NO3S. The summed E-state index contributed by atoms with van der Waals surface area (Å²) in [7, 11) is 0. The highest BCUT2D eigenvalue weighted by Gasteiger charge is 2.08. The second-order valence-corrected chi connectivity index (χ2v) is 6.92. The average Bonchev–Trinajstić information content (AvgIpc) is 3.04. The first-order valence-corrected chi connectivity index (χ1v) is 8.93. The van der Waals surface area contributed by atoms with Crippen LogP contribution in [-0.4, -0.2) is 16.1 Å². The highest BCUT2D eigenvalue weighted by molar-refractivity contribution is 7.13. The maximum Gasteiger partial charge on any atom is 0.309 e. The lowest BCUT2D eigenvalue weighted by atomic mass is 10.0. The number of nitrogens with zero attached hydrogens (tertiary/aromatic N) is 1. The Morgan fingerprint density at radius 1 is 1.08 bits per heavy atom. The number of carboxylic acids is 1. The third-order valence-electron chi connectivity index (χ3n) is 3.77. The van der Waals surface area contributed by atoms with Crippen molar-refractivity contribution in [3.05, 3.63) is 65.2 Å². The summed E-state index contributed by atoms with van der Waals surface area (Å²) in [6, 6.07) is 15.8. The minimum Gasteiger partial charge on any atom is -0.481 e. The molecule has 0 saturated heterocycles. The zero-order valence-electron chi connectivity index (χ0n) is 14.1. The molecule has 25 heavy (non-hydrogen) atoms. The molecule has 0 atom stereocenters. The number of benzene rings is 2. The lowest BCUT2D eigenvalue weighted by molar-refractivity contribution is -0.136. The van der Waals surface area contributed by atoms with Crippen molar-refractivity contribution in [2.75, 3.05) is 0 Å². The molecule has 0 spiro atoms. The van der Waals surface area contributed by atoms with Crippen molar-refractivity contribution in [3.8, 4) is 22.1 Å². The van der Waals surface area contributed by atoms with Crippen molar-refractivity contribution in [3.63, 3.8) is 0 Å². The molecular weight excluding hydrogens is 334 g/mol. The molecule has 2 aromatic carbocycles. The Hall–Kier alpha value is -2.66. The van der Waals surface area contributed by atoms with Gasteiger partial charge in [-0.05, 0) is 47.9 Å². The van der Waals surface area contributed by atoms with Crippen LogP contribution >= 0.6 is 11.3 Å². The monoisotopic (exact) mass is 353 g/mol. The van der Waals surface area contributed by atoms with Crippen LogP contribution in [0.15, 0.2) is 53.9 Å². The number of aromatic nitrogens is 1. The molecule has 0 aliphatic carbocycles. The minimum absolute atomic E-state index is 0.0515. The Morgan fingerprint density at radius 2 is 1.68 bits per heavy atom. The summed E-state index contributed by atoms with van der Waals surface area (Å²) in [5.41, 5.74) is 2.81. The van der Waals surface area contributed by atoms with E-state index in [2.05, 4.69) is 31.0 Å². The summed E-state index contributed by atoms with van der Waals surface area (Å²) in [6.07, 6.45) is -0.0515. The molecule has 1 N–H and O–H groups in total. The van der Waals surface area contributed by atoms with Crippen molar-refractivity contribution >= 4 is 17.3 Å². The third-order valence-corrected chi connectivity index (χ3v) is 4.71. The number of rotatable bonds is 6. The van der Waals surface area contributed by atoms with Gasteiger partial charge in [-0.1, -0.05) is 26.0 Å². The second kappa shape index (κ2) is 7.49. The van der Waals surface area contributed by atoms with Gasteiger partial charge < -0.3 is 9.84 Å². The van der Waals surface area contributed by atoms with Crippen LogP contribution in [0.4, 0.5) is 0 Å². The normalized spacial score (nSPS) is 10.8. The number of carboxylic acid groups (broad SMARTS) is 1. The van der Waals surface area contributed by atoms with Crippen LogP contribution < -0.4 is 4.74 Å². The van der Waals surface area contributed by atoms with Gasteiger partial charge in [0, 0.05) is 10.9 Å². The van der Waals surface area contributed by atoms with Gasteiger partial charge in [-0.3, -0.25) is 4.79 Å². The fraction of sp³-hybridized carbons (Fsp3) is 0.200. The van der Waals surface area contributed by atoms with Gasteiger partial charge in [0.1, 0.15) is 16.5 Å². The number of ether oxygens (including phenoxy) is 1. The summed E-state index contributed by atoms with van der Waals surface area (Å²) in [5.74, 6) is 1.18. The van der Waals surface area contributed by atoms with Crippen LogP contribution in [0.25, 0.3) is 10.6 Å². The summed E-state index contributed by atoms with van der Waals surface area (Å²) in [5, 5.41) is 11.4. The predicted molar refractivity (Wildman–Crippen MR) is 99.5 cm³/mol. The lowest BCUT2D eigenvalue weighted by Crippen LogP contribution is -1.99. The zero-order chi connectivity index (χ0) is 17.8. The van der Waals surface area contributed by atoms with Crippen molar-refractivity contribution in [1.29, 1.82) is 0 Å². The molecule has 0 amide bonds. The van der Waals surface area contributed by atoms with Crippen LogP contribution in [0, 0.1) is 0 Å². The first-order valence-electron chi connectivity index (χ1n) is 8.05. The Bertz CT molecular complexity index is 851. The van der Waals surface area contributed by atoms with E-state index < -0.39 is 5.97 Å². The minimum atomic E-state index is -0.871. The SMILES string of the molecule is CC(C)c1ccc(Oc2ccc(-c3nc(CC(=O)O)cs3)cc2)cc1. The number of carbonyl (C=O) groups is 1. The van der Waals surface area contributed by atoms with Crippen LogP contribution in [0.5, 0.6) is 11.5 Å². The van der Waals surface area contributed by atoms with Crippen molar-refractivity contribution in [2.45, 2.75) is 26.2 Å². The molecule has 0 fully saturated rings. The second-order valence-electron chi connectivity index (χ2n) is 6.06. The third kappa shape index (κ3) is 4.45. The smallest absolute Gasteiger partial charge is 0.309 e. The fourth-order valence-electron chi connectivity index (χ4n) is 2.40. The number of hydrogen-bond donors (Lipinski definition) is 1. The lowest BCUT2D eigenvalue weighted by Gasteiger charge is -2.09. The Balaban J connectivity index is 1.69. The molecule has 0 radical (unpaired) electrons. The molecule has 3 aromatic rings. The zero-order valence-corrected chi connectivity index (χ0v) is 14.9. The van der Waals surface area contributed by atoms with Crippen molar-refractivity contribution < 1.29 is 14.6 Å². The van der Waals surface area contributed by atoms with E-state index in [-0.39, 0.29) is 6.42 Å². The molecule has 128 valence electrons. The van der Waals surface area contributed by atoms with E-state index in [9.17, 15) is 4.79 Å². The van der Waals surface area contributed by atoms with Crippen molar-refractivity contribution in [1.82, 2.24) is 4.98 Å². The standard InChI is InChI=1S/C20H19NO3S/c1-13(2)14-3-7-17(8-4-14)24-18-9-5-15(6-10-18)20-21-16(12-25-20)11-19(22)23/h3-10,12-13H,11H2,1-2H3,(H,22,23). The number of aliphatic carboxylic acids is 1. The molecule has 0 aliphatic heterocycles. The fourth-order valence-corrected chi connectivity index (χ4v) is 3.22. The maximum atomic E-state index is 10.7. The highest BCUT2D eigenvalue weighted by Crippen LogP contribution is 2.28. The van der Waals surface area contributed by atoms with E-state index in [0.717, 1.165) is 22.1 Å².